The maximum Gasteiger partial charge on any atom is 0.178 e. The number of rotatable bonds is 2. The van der Waals surface area contributed by atoms with Gasteiger partial charge in [-0.15, -0.1) is 0 Å². The van der Waals surface area contributed by atoms with Gasteiger partial charge in [0.2, 0.25) is 0 Å². The van der Waals surface area contributed by atoms with Crippen LogP contribution in [-0.4, -0.2) is 49.7 Å². The molecule has 6 heteroatoms. The van der Waals surface area contributed by atoms with Gasteiger partial charge in [-0.2, -0.15) is 11.8 Å². The smallest absolute Gasteiger partial charge is 0.178 e. The summed E-state index contributed by atoms with van der Waals surface area (Å²) in [5.74, 6) is 1.27. The SMILES string of the molecule is CC1CN(C2(CN)CCS(=O)(=O)c3ccccc32)CCS1. The molecule has 4 nitrogen and oxygen atoms in total. The second-order valence-electron chi connectivity index (χ2n) is 5.93. The average molecular weight is 326 g/mol. The van der Waals surface area contributed by atoms with E-state index in [1.165, 1.54) is 0 Å². The summed E-state index contributed by atoms with van der Waals surface area (Å²) in [6.07, 6.45) is 0.597. The Morgan fingerprint density at radius 2 is 2.19 bits per heavy atom. The van der Waals surface area contributed by atoms with E-state index in [0.29, 0.717) is 23.1 Å². The van der Waals surface area contributed by atoms with Crippen LogP contribution in [0.4, 0.5) is 0 Å². The van der Waals surface area contributed by atoms with Crippen molar-refractivity contribution < 1.29 is 8.42 Å². The summed E-state index contributed by atoms with van der Waals surface area (Å²) in [7, 11) is -3.16. The third-order valence-electron chi connectivity index (χ3n) is 4.69. The number of sulfone groups is 1. The maximum absolute atomic E-state index is 12.4. The van der Waals surface area contributed by atoms with E-state index >= 15 is 0 Å². The van der Waals surface area contributed by atoms with E-state index in [1.54, 1.807) is 12.1 Å². The molecule has 0 aliphatic carbocycles. The fourth-order valence-corrected chi connectivity index (χ4v) is 6.27. The van der Waals surface area contributed by atoms with E-state index in [9.17, 15) is 8.42 Å². The molecule has 0 amide bonds. The number of thioether (sulfide) groups is 1. The predicted octanol–water partition coefficient (Wildman–Crippen LogP) is 1.46. The summed E-state index contributed by atoms with van der Waals surface area (Å²) in [6.45, 7) is 4.64. The zero-order valence-corrected chi connectivity index (χ0v) is 13.9. The van der Waals surface area contributed by atoms with Gasteiger partial charge in [-0.25, -0.2) is 8.42 Å². The molecule has 0 saturated carbocycles. The first-order valence-electron chi connectivity index (χ1n) is 7.38. The highest BCUT2D eigenvalue weighted by Gasteiger charge is 2.45. The standard InChI is InChI=1S/C15H22N2O2S2/c1-12-10-17(7-8-20-12)15(11-16)6-9-21(18,19)14-5-3-2-4-13(14)15/h2-5,12H,6-11,16H2,1H3. The number of hydrogen-bond donors (Lipinski definition) is 1. The monoisotopic (exact) mass is 326 g/mol. The van der Waals surface area contributed by atoms with Crippen LogP contribution in [0.3, 0.4) is 0 Å². The lowest BCUT2D eigenvalue weighted by atomic mass is 9.84. The van der Waals surface area contributed by atoms with Gasteiger partial charge in [0.05, 0.1) is 16.2 Å². The van der Waals surface area contributed by atoms with Gasteiger partial charge in [-0.05, 0) is 18.1 Å². The molecule has 2 aliphatic rings. The van der Waals surface area contributed by atoms with E-state index < -0.39 is 9.84 Å². The van der Waals surface area contributed by atoms with Crippen molar-refractivity contribution >= 4 is 21.6 Å². The number of benzene rings is 1. The molecule has 21 heavy (non-hydrogen) atoms. The summed E-state index contributed by atoms with van der Waals surface area (Å²) in [6, 6.07) is 7.41. The van der Waals surface area contributed by atoms with Gasteiger partial charge in [0, 0.05) is 30.6 Å². The van der Waals surface area contributed by atoms with Gasteiger partial charge in [-0.1, -0.05) is 25.1 Å². The normalized spacial score (nSPS) is 32.6. The lowest BCUT2D eigenvalue weighted by Crippen LogP contribution is -2.57. The molecule has 1 fully saturated rings. The molecule has 1 saturated heterocycles. The molecule has 0 spiro atoms. The van der Waals surface area contributed by atoms with E-state index in [1.807, 2.05) is 23.9 Å². The minimum atomic E-state index is -3.16. The van der Waals surface area contributed by atoms with Crippen molar-refractivity contribution in [1.29, 1.82) is 0 Å². The van der Waals surface area contributed by atoms with Crippen LogP contribution in [-0.2, 0) is 15.4 Å². The van der Waals surface area contributed by atoms with Crippen molar-refractivity contribution in [3.63, 3.8) is 0 Å². The second kappa shape index (κ2) is 5.57. The van der Waals surface area contributed by atoms with Gasteiger partial charge < -0.3 is 5.73 Å². The van der Waals surface area contributed by atoms with E-state index in [2.05, 4.69) is 11.8 Å². The predicted molar refractivity (Wildman–Crippen MR) is 87.3 cm³/mol. The minimum Gasteiger partial charge on any atom is -0.328 e. The first kappa shape index (κ1) is 15.3. The van der Waals surface area contributed by atoms with Crippen LogP contribution in [0, 0.1) is 0 Å². The third kappa shape index (κ3) is 2.52. The Balaban J connectivity index is 2.11. The third-order valence-corrected chi connectivity index (χ3v) is 7.60. The fourth-order valence-electron chi connectivity index (χ4n) is 3.55. The van der Waals surface area contributed by atoms with Crippen LogP contribution < -0.4 is 5.73 Å². The van der Waals surface area contributed by atoms with E-state index in [-0.39, 0.29) is 11.3 Å². The molecule has 2 unspecified atom stereocenters. The number of hydrogen-bond acceptors (Lipinski definition) is 5. The van der Waals surface area contributed by atoms with Crippen molar-refractivity contribution in [2.45, 2.75) is 29.0 Å². The van der Waals surface area contributed by atoms with Gasteiger partial charge in [-0.3, -0.25) is 4.90 Å². The first-order valence-corrected chi connectivity index (χ1v) is 10.1. The Hall–Kier alpha value is -0.560. The molecular formula is C15H22N2O2S2. The van der Waals surface area contributed by atoms with Crippen LogP contribution in [0.5, 0.6) is 0 Å². The molecule has 0 radical (unpaired) electrons. The number of nitrogens with zero attached hydrogens (tertiary/aromatic N) is 1. The molecule has 1 aromatic carbocycles. The lowest BCUT2D eigenvalue weighted by Gasteiger charge is -2.49. The highest BCUT2D eigenvalue weighted by Crippen LogP contribution is 2.42. The topological polar surface area (TPSA) is 63.4 Å². The molecule has 3 rings (SSSR count). The van der Waals surface area contributed by atoms with Crippen molar-refractivity contribution in [2.24, 2.45) is 5.73 Å². The van der Waals surface area contributed by atoms with Crippen LogP contribution in [0.2, 0.25) is 0 Å². The molecular weight excluding hydrogens is 304 g/mol. The summed E-state index contributed by atoms with van der Waals surface area (Å²) < 4.78 is 24.7. The highest BCUT2D eigenvalue weighted by molar-refractivity contribution is 8.00. The van der Waals surface area contributed by atoms with E-state index in [4.69, 9.17) is 5.73 Å². The van der Waals surface area contributed by atoms with Gasteiger partial charge >= 0.3 is 0 Å². The van der Waals surface area contributed by atoms with Crippen LogP contribution in [0.1, 0.15) is 18.9 Å². The van der Waals surface area contributed by atoms with Gasteiger partial charge in [0.15, 0.2) is 9.84 Å². The fraction of sp³-hybridized carbons (Fsp3) is 0.600. The van der Waals surface area contributed by atoms with Crippen molar-refractivity contribution in [2.75, 3.05) is 31.1 Å². The summed E-state index contributed by atoms with van der Waals surface area (Å²) in [5.41, 5.74) is 6.75. The Morgan fingerprint density at radius 3 is 2.90 bits per heavy atom. The number of fused-ring (bicyclic) bond motifs is 1. The second-order valence-corrected chi connectivity index (χ2v) is 9.55. The minimum absolute atomic E-state index is 0.194. The average Bonchev–Trinajstić information content (AvgIpc) is 2.48. The molecule has 2 heterocycles. The molecule has 2 N–H and O–H groups in total. The van der Waals surface area contributed by atoms with Crippen LogP contribution >= 0.6 is 11.8 Å². The van der Waals surface area contributed by atoms with Crippen molar-refractivity contribution in [3.8, 4) is 0 Å². The molecule has 1 aromatic rings. The van der Waals surface area contributed by atoms with E-state index in [0.717, 1.165) is 24.4 Å². The summed E-state index contributed by atoms with van der Waals surface area (Å²) in [5, 5.41) is 0.563. The number of nitrogens with two attached hydrogens (primary N) is 1. The molecule has 2 atom stereocenters. The maximum atomic E-state index is 12.4. The lowest BCUT2D eigenvalue weighted by molar-refractivity contribution is 0.0882. The zero-order valence-electron chi connectivity index (χ0n) is 12.3. The first-order chi connectivity index (χ1) is 9.99. The summed E-state index contributed by atoms with van der Waals surface area (Å²) in [4.78, 5) is 2.90. The van der Waals surface area contributed by atoms with Gasteiger partial charge in [0.25, 0.3) is 0 Å². The molecule has 2 aliphatic heterocycles. The van der Waals surface area contributed by atoms with Crippen molar-refractivity contribution in [1.82, 2.24) is 4.90 Å². The van der Waals surface area contributed by atoms with Crippen molar-refractivity contribution in [3.05, 3.63) is 29.8 Å². The Morgan fingerprint density at radius 1 is 1.43 bits per heavy atom. The molecule has 0 aromatic heterocycles. The Labute approximate surface area is 131 Å². The molecule has 116 valence electrons. The quantitative estimate of drug-likeness (QED) is 0.891. The summed E-state index contributed by atoms with van der Waals surface area (Å²) >= 11 is 1.98. The molecule has 0 bridgehead atoms. The Bertz CT molecular complexity index is 632. The highest BCUT2D eigenvalue weighted by atomic mass is 32.2. The Kier molecular flexibility index (Phi) is 4.07. The zero-order chi connectivity index (χ0) is 15.1. The van der Waals surface area contributed by atoms with Gasteiger partial charge in [0.1, 0.15) is 0 Å². The largest absolute Gasteiger partial charge is 0.328 e. The van der Waals surface area contributed by atoms with Crippen LogP contribution in [0.25, 0.3) is 0 Å². The van der Waals surface area contributed by atoms with Crippen LogP contribution in [0.15, 0.2) is 29.2 Å².